The van der Waals surface area contributed by atoms with Gasteiger partial charge in [0.2, 0.25) is 11.8 Å². The Kier molecular flexibility index (Phi) is 5.50. The lowest BCUT2D eigenvalue weighted by Gasteiger charge is -2.28. The van der Waals surface area contributed by atoms with Crippen molar-refractivity contribution in [3.05, 3.63) is 11.3 Å². The van der Waals surface area contributed by atoms with Gasteiger partial charge in [-0.25, -0.2) is 9.78 Å². The van der Waals surface area contributed by atoms with Crippen LogP contribution in [0.5, 0.6) is 5.88 Å². The van der Waals surface area contributed by atoms with Crippen LogP contribution in [-0.4, -0.2) is 53.5 Å². The highest BCUT2D eigenvalue weighted by molar-refractivity contribution is 5.91. The van der Waals surface area contributed by atoms with Gasteiger partial charge in [0.25, 0.3) is 0 Å². The first-order valence-electron chi connectivity index (χ1n) is 8.76. The molecule has 0 atom stereocenters. The van der Waals surface area contributed by atoms with Crippen molar-refractivity contribution in [3.63, 3.8) is 0 Å². The summed E-state index contributed by atoms with van der Waals surface area (Å²) in [7, 11) is 0. The summed E-state index contributed by atoms with van der Waals surface area (Å²) in [6, 6.07) is 0. The van der Waals surface area contributed by atoms with Crippen molar-refractivity contribution in [3.8, 4) is 5.88 Å². The fourth-order valence-corrected chi connectivity index (χ4v) is 3.29. The Morgan fingerprint density at radius 3 is 2.46 bits per heavy atom. The maximum Gasteiger partial charge on any atom is 0.343 e. The molecule has 1 aromatic rings. The lowest BCUT2D eigenvalue weighted by molar-refractivity contribution is 0.0684. The van der Waals surface area contributed by atoms with Crippen molar-refractivity contribution in [1.29, 1.82) is 0 Å². The SMILES string of the molecule is Cc1nc(N2CCOCC2)nc(OC2CCCCCC2)c1C(=O)O. The van der Waals surface area contributed by atoms with Gasteiger partial charge in [-0.05, 0) is 32.6 Å². The van der Waals surface area contributed by atoms with Crippen molar-refractivity contribution in [1.82, 2.24) is 9.97 Å². The zero-order valence-corrected chi connectivity index (χ0v) is 14.2. The average molecular weight is 335 g/mol. The molecule has 3 rings (SSSR count). The van der Waals surface area contributed by atoms with Crippen LogP contribution in [0.15, 0.2) is 0 Å². The number of aryl methyl sites for hydroxylation is 1. The first-order valence-corrected chi connectivity index (χ1v) is 8.76. The number of hydrogen-bond acceptors (Lipinski definition) is 6. The number of hydrogen-bond donors (Lipinski definition) is 1. The summed E-state index contributed by atoms with van der Waals surface area (Å²) in [5.41, 5.74) is 0.527. The molecule has 132 valence electrons. The van der Waals surface area contributed by atoms with Crippen molar-refractivity contribution < 1.29 is 19.4 Å². The van der Waals surface area contributed by atoms with Crippen LogP contribution in [-0.2, 0) is 4.74 Å². The van der Waals surface area contributed by atoms with Gasteiger partial charge in [-0.3, -0.25) is 0 Å². The maximum absolute atomic E-state index is 11.6. The number of carboxylic acids is 1. The molecule has 1 saturated heterocycles. The summed E-state index contributed by atoms with van der Waals surface area (Å²) in [6.07, 6.45) is 6.61. The third-order valence-electron chi connectivity index (χ3n) is 4.63. The lowest BCUT2D eigenvalue weighted by Crippen LogP contribution is -2.37. The topological polar surface area (TPSA) is 84.8 Å². The van der Waals surface area contributed by atoms with Crippen LogP contribution in [0.2, 0.25) is 0 Å². The molecule has 1 N–H and O–H groups in total. The number of anilines is 1. The third kappa shape index (κ3) is 3.95. The molecule has 2 fully saturated rings. The summed E-state index contributed by atoms with van der Waals surface area (Å²) >= 11 is 0. The van der Waals surface area contributed by atoms with Crippen LogP contribution in [0.3, 0.4) is 0 Å². The summed E-state index contributed by atoms with van der Waals surface area (Å²) in [4.78, 5) is 22.5. The number of carboxylic acid groups (broad SMARTS) is 1. The monoisotopic (exact) mass is 335 g/mol. The molecular weight excluding hydrogens is 310 g/mol. The van der Waals surface area contributed by atoms with Crippen molar-refractivity contribution in [2.24, 2.45) is 0 Å². The van der Waals surface area contributed by atoms with E-state index in [1.807, 2.05) is 4.90 Å². The Hall–Kier alpha value is -1.89. The summed E-state index contributed by atoms with van der Waals surface area (Å²) in [5, 5.41) is 9.54. The fourth-order valence-electron chi connectivity index (χ4n) is 3.29. The molecule has 0 radical (unpaired) electrons. The Morgan fingerprint density at radius 2 is 1.83 bits per heavy atom. The van der Waals surface area contributed by atoms with Gasteiger partial charge in [-0.15, -0.1) is 0 Å². The number of ether oxygens (including phenoxy) is 2. The van der Waals surface area contributed by atoms with Crippen LogP contribution in [0.1, 0.15) is 54.6 Å². The fraction of sp³-hybridized carbons (Fsp3) is 0.706. The molecule has 0 unspecified atom stereocenters. The molecule has 24 heavy (non-hydrogen) atoms. The van der Waals surface area contributed by atoms with Gasteiger partial charge in [0, 0.05) is 13.1 Å². The Labute approximate surface area is 142 Å². The van der Waals surface area contributed by atoms with Gasteiger partial charge in [0.15, 0.2) is 0 Å². The van der Waals surface area contributed by atoms with Crippen LogP contribution in [0.4, 0.5) is 5.95 Å². The van der Waals surface area contributed by atoms with Crippen LogP contribution in [0, 0.1) is 6.92 Å². The van der Waals surface area contributed by atoms with E-state index in [0.29, 0.717) is 37.9 Å². The van der Waals surface area contributed by atoms with E-state index >= 15 is 0 Å². The number of carbonyl (C=O) groups is 1. The molecular formula is C17H25N3O4. The standard InChI is InChI=1S/C17H25N3O4/c1-12-14(16(21)22)15(24-13-6-4-2-3-5-7-13)19-17(18-12)20-8-10-23-11-9-20/h13H,2-11H2,1H3,(H,21,22). The van der Waals surface area contributed by atoms with Gasteiger partial charge in [0.05, 0.1) is 18.9 Å². The molecule has 0 bridgehead atoms. The average Bonchev–Trinajstić information content (AvgIpc) is 2.83. The van der Waals surface area contributed by atoms with Gasteiger partial charge in [-0.2, -0.15) is 4.98 Å². The van der Waals surface area contributed by atoms with E-state index < -0.39 is 5.97 Å². The van der Waals surface area contributed by atoms with E-state index in [4.69, 9.17) is 9.47 Å². The predicted octanol–water partition coefficient (Wildman–Crippen LogP) is 2.42. The molecule has 7 nitrogen and oxygen atoms in total. The second-order valence-electron chi connectivity index (χ2n) is 6.43. The van der Waals surface area contributed by atoms with E-state index in [1.165, 1.54) is 12.8 Å². The minimum atomic E-state index is -1.04. The molecule has 2 aliphatic rings. The largest absolute Gasteiger partial charge is 0.477 e. The summed E-state index contributed by atoms with van der Waals surface area (Å²) < 4.78 is 11.4. The van der Waals surface area contributed by atoms with E-state index in [1.54, 1.807) is 6.92 Å². The van der Waals surface area contributed by atoms with E-state index in [2.05, 4.69) is 9.97 Å². The van der Waals surface area contributed by atoms with Gasteiger partial charge in [-0.1, -0.05) is 12.8 Å². The van der Waals surface area contributed by atoms with Crippen LogP contribution >= 0.6 is 0 Å². The second kappa shape index (κ2) is 7.79. The molecule has 0 aromatic carbocycles. The first kappa shape index (κ1) is 17.0. The van der Waals surface area contributed by atoms with Crippen molar-refractivity contribution in [2.75, 3.05) is 31.2 Å². The molecule has 0 spiro atoms. The molecule has 1 aliphatic heterocycles. The zero-order valence-electron chi connectivity index (χ0n) is 14.2. The van der Waals surface area contributed by atoms with Gasteiger partial charge < -0.3 is 19.5 Å². The molecule has 1 aromatic heterocycles. The second-order valence-corrected chi connectivity index (χ2v) is 6.43. The third-order valence-corrected chi connectivity index (χ3v) is 4.63. The van der Waals surface area contributed by atoms with Gasteiger partial charge in [0.1, 0.15) is 11.7 Å². The maximum atomic E-state index is 11.6. The molecule has 1 aliphatic carbocycles. The lowest BCUT2D eigenvalue weighted by atomic mass is 10.1. The van der Waals surface area contributed by atoms with Crippen molar-refractivity contribution >= 4 is 11.9 Å². The van der Waals surface area contributed by atoms with Crippen molar-refractivity contribution in [2.45, 2.75) is 51.6 Å². The van der Waals surface area contributed by atoms with E-state index in [9.17, 15) is 9.90 Å². The molecule has 0 amide bonds. The highest BCUT2D eigenvalue weighted by atomic mass is 16.5. The molecule has 2 heterocycles. The van der Waals surface area contributed by atoms with Crippen LogP contribution in [0.25, 0.3) is 0 Å². The molecule has 1 saturated carbocycles. The van der Waals surface area contributed by atoms with E-state index in [0.717, 1.165) is 25.7 Å². The Morgan fingerprint density at radius 1 is 1.17 bits per heavy atom. The van der Waals surface area contributed by atoms with Crippen LogP contribution < -0.4 is 9.64 Å². The minimum Gasteiger partial charge on any atom is -0.477 e. The van der Waals surface area contributed by atoms with E-state index in [-0.39, 0.29) is 17.5 Å². The summed E-state index contributed by atoms with van der Waals surface area (Å²) in [6.45, 7) is 4.36. The first-order chi connectivity index (χ1) is 11.6. The Bertz CT molecular complexity index is 579. The summed E-state index contributed by atoms with van der Waals surface area (Å²) in [5.74, 6) is -0.294. The minimum absolute atomic E-state index is 0.0393. The quantitative estimate of drug-likeness (QED) is 0.846. The number of rotatable bonds is 4. The number of morpholine rings is 1. The normalized spacial score (nSPS) is 19.8. The Balaban J connectivity index is 1.88. The zero-order chi connectivity index (χ0) is 16.9. The predicted molar refractivity (Wildman–Crippen MR) is 88.9 cm³/mol. The highest BCUT2D eigenvalue weighted by Gasteiger charge is 2.25. The number of aromatic nitrogens is 2. The number of nitrogens with zero attached hydrogens (tertiary/aromatic N) is 3. The smallest absolute Gasteiger partial charge is 0.343 e. The number of aromatic carboxylic acids is 1. The van der Waals surface area contributed by atoms with Gasteiger partial charge >= 0.3 is 5.97 Å². The highest BCUT2D eigenvalue weighted by Crippen LogP contribution is 2.27. The molecule has 7 heteroatoms.